The van der Waals surface area contributed by atoms with E-state index in [1.807, 2.05) is 0 Å². The zero-order chi connectivity index (χ0) is 18.5. The maximum atomic E-state index is 12.9. The smallest absolute Gasteiger partial charge is 0.259 e. The van der Waals surface area contributed by atoms with Gasteiger partial charge in [0.25, 0.3) is 5.56 Å². The van der Waals surface area contributed by atoms with E-state index in [4.69, 9.17) is 4.98 Å². The van der Waals surface area contributed by atoms with Crippen molar-refractivity contribution < 1.29 is 0 Å². The summed E-state index contributed by atoms with van der Waals surface area (Å²) in [4.78, 5) is 26.0. The first-order valence-corrected chi connectivity index (χ1v) is 11.7. The van der Waals surface area contributed by atoms with Gasteiger partial charge in [0.15, 0.2) is 0 Å². The zero-order valence-electron chi connectivity index (χ0n) is 16.6. The second kappa shape index (κ2) is 7.00. The highest BCUT2D eigenvalue weighted by molar-refractivity contribution is 7.18. The van der Waals surface area contributed by atoms with Crippen molar-refractivity contribution >= 4 is 21.6 Å². The molecule has 4 atom stereocenters. The standard InChI is InChI=1S/C22H31N3OS/c1-13-7-8-17-18(11-13)27-22-19(17)21(26)23-20(24-22)14(2)25-10-9-15-5-3-4-6-16(15)12-25/h13-16H,3-12H2,1-2H3,(H,23,24,26)/t13-,14+,15+,16-/m1/s1. The minimum absolute atomic E-state index is 0.0847. The molecule has 0 aromatic carbocycles. The number of aryl methyl sites for hydroxylation is 1. The first-order valence-electron chi connectivity index (χ1n) is 10.9. The fraction of sp³-hybridized carbons (Fsp3) is 0.727. The lowest BCUT2D eigenvalue weighted by molar-refractivity contribution is 0.0591. The van der Waals surface area contributed by atoms with Crippen LogP contribution in [0.1, 0.15) is 74.7 Å². The Labute approximate surface area is 165 Å². The Morgan fingerprint density at radius 1 is 1.19 bits per heavy atom. The van der Waals surface area contributed by atoms with Gasteiger partial charge in [-0.05, 0) is 68.9 Å². The third-order valence-corrected chi connectivity index (χ3v) is 8.60. The van der Waals surface area contributed by atoms with Crippen LogP contribution < -0.4 is 5.56 Å². The van der Waals surface area contributed by atoms with E-state index in [9.17, 15) is 4.79 Å². The maximum absolute atomic E-state index is 12.9. The van der Waals surface area contributed by atoms with Crippen LogP contribution in [0.3, 0.4) is 0 Å². The number of nitrogens with one attached hydrogen (secondary N) is 1. The Morgan fingerprint density at radius 3 is 2.85 bits per heavy atom. The molecule has 27 heavy (non-hydrogen) atoms. The third-order valence-electron chi connectivity index (χ3n) is 7.45. The van der Waals surface area contributed by atoms with Crippen LogP contribution in [0.5, 0.6) is 0 Å². The minimum Gasteiger partial charge on any atom is -0.309 e. The maximum Gasteiger partial charge on any atom is 0.259 e. The van der Waals surface area contributed by atoms with Crippen molar-refractivity contribution in [3.8, 4) is 0 Å². The predicted molar refractivity (Wildman–Crippen MR) is 111 cm³/mol. The van der Waals surface area contributed by atoms with E-state index in [0.717, 1.165) is 53.2 Å². The molecule has 146 valence electrons. The number of nitrogens with zero attached hydrogens (tertiary/aromatic N) is 2. The summed E-state index contributed by atoms with van der Waals surface area (Å²) in [6.45, 7) is 6.85. The highest BCUT2D eigenvalue weighted by Crippen LogP contribution is 2.39. The number of rotatable bonds is 2. The number of H-pyrrole nitrogens is 1. The molecular formula is C22H31N3OS. The lowest BCUT2D eigenvalue weighted by Crippen LogP contribution is -2.43. The number of likely N-dealkylation sites (tertiary alicyclic amines) is 1. The van der Waals surface area contributed by atoms with Gasteiger partial charge in [-0.25, -0.2) is 4.98 Å². The van der Waals surface area contributed by atoms with E-state index < -0.39 is 0 Å². The largest absolute Gasteiger partial charge is 0.309 e. The van der Waals surface area contributed by atoms with Gasteiger partial charge in [0, 0.05) is 11.4 Å². The predicted octanol–water partition coefficient (Wildman–Crippen LogP) is 4.68. The van der Waals surface area contributed by atoms with Crippen molar-refractivity contribution in [2.24, 2.45) is 17.8 Å². The van der Waals surface area contributed by atoms with Crippen LogP contribution in [-0.2, 0) is 12.8 Å². The topological polar surface area (TPSA) is 49.0 Å². The number of aromatic amines is 1. The Bertz CT molecular complexity index is 901. The number of hydrogen-bond donors (Lipinski definition) is 1. The first kappa shape index (κ1) is 17.9. The van der Waals surface area contributed by atoms with Gasteiger partial charge in [0.1, 0.15) is 10.7 Å². The molecule has 5 rings (SSSR count). The molecule has 0 bridgehead atoms. The van der Waals surface area contributed by atoms with Crippen molar-refractivity contribution in [1.29, 1.82) is 0 Å². The SMILES string of the molecule is C[C@@H]1CCc2c(sc3nc([C@H](C)N4CC[C@@H]5CCCC[C@@H]5C4)[nH]c(=O)c23)C1. The summed E-state index contributed by atoms with van der Waals surface area (Å²) in [6.07, 6.45) is 10.3. The molecule has 1 saturated carbocycles. The van der Waals surface area contributed by atoms with Crippen molar-refractivity contribution in [3.63, 3.8) is 0 Å². The van der Waals surface area contributed by atoms with Crippen molar-refractivity contribution in [1.82, 2.24) is 14.9 Å². The monoisotopic (exact) mass is 385 g/mol. The average molecular weight is 386 g/mol. The van der Waals surface area contributed by atoms with Gasteiger partial charge in [0.05, 0.1) is 11.4 Å². The van der Waals surface area contributed by atoms with Crippen LogP contribution >= 0.6 is 11.3 Å². The molecule has 1 aliphatic heterocycles. The van der Waals surface area contributed by atoms with Crippen molar-refractivity contribution in [3.05, 3.63) is 26.6 Å². The summed E-state index contributed by atoms with van der Waals surface area (Å²) in [7, 11) is 0. The molecule has 2 aromatic heterocycles. The van der Waals surface area contributed by atoms with Crippen LogP contribution in [0.4, 0.5) is 0 Å². The molecule has 3 heterocycles. The second-order valence-corrected chi connectivity index (χ2v) is 10.3. The van der Waals surface area contributed by atoms with Crippen LogP contribution in [0.25, 0.3) is 10.2 Å². The highest BCUT2D eigenvalue weighted by Gasteiger charge is 2.34. The van der Waals surface area contributed by atoms with Gasteiger partial charge in [-0.2, -0.15) is 0 Å². The molecule has 2 aromatic rings. The van der Waals surface area contributed by atoms with Crippen molar-refractivity contribution in [2.75, 3.05) is 13.1 Å². The Kier molecular flexibility index (Phi) is 4.63. The van der Waals surface area contributed by atoms with E-state index in [1.165, 1.54) is 55.5 Å². The molecule has 0 spiro atoms. The molecule has 5 heteroatoms. The third kappa shape index (κ3) is 3.17. The lowest BCUT2D eigenvalue weighted by atomic mass is 9.75. The summed E-state index contributed by atoms with van der Waals surface area (Å²) >= 11 is 1.76. The summed E-state index contributed by atoms with van der Waals surface area (Å²) in [5.74, 6) is 3.37. The molecule has 4 nitrogen and oxygen atoms in total. The second-order valence-electron chi connectivity index (χ2n) is 9.25. The number of piperidine rings is 1. The highest BCUT2D eigenvalue weighted by atomic mass is 32.1. The summed E-state index contributed by atoms with van der Waals surface area (Å²) < 4.78 is 0. The van der Waals surface area contributed by atoms with Crippen molar-refractivity contribution in [2.45, 2.75) is 71.3 Å². The molecule has 1 saturated heterocycles. The number of aromatic nitrogens is 2. The van der Waals surface area contributed by atoms with E-state index in [-0.39, 0.29) is 11.6 Å². The minimum atomic E-state index is 0.0847. The number of fused-ring (bicyclic) bond motifs is 4. The fourth-order valence-electron chi connectivity index (χ4n) is 5.72. The number of hydrogen-bond acceptors (Lipinski definition) is 4. The molecule has 1 N–H and O–H groups in total. The van der Waals surface area contributed by atoms with Crippen LogP contribution in [-0.4, -0.2) is 28.0 Å². The van der Waals surface area contributed by atoms with E-state index in [1.54, 1.807) is 11.3 Å². The quantitative estimate of drug-likeness (QED) is 0.816. The summed E-state index contributed by atoms with van der Waals surface area (Å²) in [5, 5.41) is 0.879. The molecule has 0 amide bonds. The lowest BCUT2D eigenvalue weighted by Gasteiger charge is -2.43. The van der Waals surface area contributed by atoms with E-state index >= 15 is 0 Å². The van der Waals surface area contributed by atoms with Crippen LogP contribution in [0, 0.1) is 17.8 Å². The van der Waals surface area contributed by atoms with Gasteiger partial charge in [-0.1, -0.05) is 26.2 Å². The van der Waals surface area contributed by atoms with Gasteiger partial charge in [0.2, 0.25) is 0 Å². The Morgan fingerprint density at radius 2 is 2.00 bits per heavy atom. The molecule has 2 fully saturated rings. The molecule has 0 unspecified atom stereocenters. The first-order chi connectivity index (χ1) is 13.1. The summed E-state index contributed by atoms with van der Waals surface area (Å²) in [5.41, 5.74) is 1.37. The average Bonchev–Trinajstić information content (AvgIpc) is 3.04. The normalized spacial score (nSPS) is 30.1. The van der Waals surface area contributed by atoms with E-state index in [0.29, 0.717) is 0 Å². The van der Waals surface area contributed by atoms with Gasteiger partial charge < -0.3 is 4.98 Å². The van der Waals surface area contributed by atoms with Gasteiger partial charge in [-0.3, -0.25) is 9.69 Å². The zero-order valence-corrected chi connectivity index (χ0v) is 17.4. The summed E-state index contributed by atoms with van der Waals surface area (Å²) in [6, 6.07) is 0.197. The molecule has 3 aliphatic rings. The molecule has 2 aliphatic carbocycles. The van der Waals surface area contributed by atoms with Gasteiger partial charge >= 0.3 is 0 Å². The van der Waals surface area contributed by atoms with Crippen LogP contribution in [0.2, 0.25) is 0 Å². The molecular weight excluding hydrogens is 354 g/mol. The van der Waals surface area contributed by atoms with Crippen LogP contribution in [0.15, 0.2) is 4.79 Å². The van der Waals surface area contributed by atoms with E-state index in [2.05, 4.69) is 23.7 Å². The van der Waals surface area contributed by atoms with Gasteiger partial charge in [-0.15, -0.1) is 11.3 Å². The Hall–Kier alpha value is -1.20. The Balaban J connectivity index is 1.44. The fourth-order valence-corrected chi connectivity index (χ4v) is 7.11. The number of thiophene rings is 1. The molecule has 0 radical (unpaired) electrons.